The maximum Gasteiger partial charge on any atom is 0.269 e. The third kappa shape index (κ3) is 3.49. The predicted octanol–water partition coefficient (Wildman–Crippen LogP) is 3.35. The molecule has 1 atom stereocenters. The first-order chi connectivity index (χ1) is 12.9. The summed E-state index contributed by atoms with van der Waals surface area (Å²) in [7, 11) is -3.68. The molecule has 6 nitrogen and oxygen atoms in total. The number of likely N-dealkylation sites (tertiary alicyclic amines) is 1. The molecular weight excluding hydrogens is 360 g/mol. The van der Waals surface area contributed by atoms with Crippen LogP contribution in [-0.2, 0) is 16.6 Å². The molecule has 7 heteroatoms. The Morgan fingerprint density at radius 3 is 2.67 bits per heavy atom. The Morgan fingerprint density at radius 1 is 1.15 bits per heavy atom. The minimum Gasteiger partial charge on any atom is -0.295 e. The summed E-state index contributed by atoms with van der Waals surface area (Å²) >= 11 is 0. The molecule has 0 amide bonds. The van der Waals surface area contributed by atoms with Crippen LogP contribution >= 0.6 is 0 Å². The van der Waals surface area contributed by atoms with E-state index in [9.17, 15) is 8.42 Å². The van der Waals surface area contributed by atoms with Crippen LogP contribution in [-0.4, -0.2) is 39.8 Å². The van der Waals surface area contributed by atoms with Gasteiger partial charge < -0.3 is 0 Å². The van der Waals surface area contributed by atoms with Crippen LogP contribution in [0.4, 0.5) is 0 Å². The van der Waals surface area contributed by atoms with Crippen LogP contribution < -0.4 is 0 Å². The Kier molecular flexibility index (Phi) is 4.74. The second-order valence-corrected chi connectivity index (χ2v) is 9.13. The summed E-state index contributed by atoms with van der Waals surface area (Å²) < 4.78 is 27.1. The standard InChI is InChI=1S/C20H24N4O2S/c1-15-6-8-18(9-7-15)27(25,26)24-12-10-19-20(24)21-13-17(22-19)14-23-11-4-3-5-16(23)2/h6-10,12-13,16H,3-5,11,14H2,1-2H3. The number of aromatic nitrogens is 3. The molecule has 27 heavy (non-hydrogen) atoms. The smallest absolute Gasteiger partial charge is 0.269 e. The minimum atomic E-state index is -3.68. The van der Waals surface area contributed by atoms with E-state index in [4.69, 9.17) is 0 Å². The van der Waals surface area contributed by atoms with Crippen molar-refractivity contribution in [3.8, 4) is 0 Å². The van der Waals surface area contributed by atoms with Crippen molar-refractivity contribution in [1.82, 2.24) is 18.8 Å². The topological polar surface area (TPSA) is 68.1 Å². The van der Waals surface area contributed by atoms with E-state index < -0.39 is 10.0 Å². The van der Waals surface area contributed by atoms with Gasteiger partial charge in [0.1, 0.15) is 5.52 Å². The van der Waals surface area contributed by atoms with Crippen molar-refractivity contribution in [2.45, 2.75) is 50.6 Å². The summed E-state index contributed by atoms with van der Waals surface area (Å²) in [6, 6.07) is 9.09. The van der Waals surface area contributed by atoms with Crippen molar-refractivity contribution in [3.05, 3.63) is 54.0 Å². The lowest BCUT2D eigenvalue weighted by Gasteiger charge is -2.32. The van der Waals surface area contributed by atoms with Gasteiger partial charge in [0, 0.05) is 18.8 Å². The van der Waals surface area contributed by atoms with Crippen molar-refractivity contribution < 1.29 is 8.42 Å². The molecule has 3 aromatic rings. The second-order valence-electron chi connectivity index (χ2n) is 7.32. The van der Waals surface area contributed by atoms with Gasteiger partial charge >= 0.3 is 0 Å². The molecule has 142 valence electrons. The van der Waals surface area contributed by atoms with Gasteiger partial charge in [-0.05, 0) is 51.4 Å². The lowest BCUT2D eigenvalue weighted by Crippen LogP contribution is -2.37. The third-order valence-electron chi connectivity index (χ3n) is 5.29. The summed E-state index contributed by atoms with van der Waals surface area (Å²) in [5.74, 6) is 0. The zero-order chi connectivity index (χ0) is 19.0. The fourth-order valence-corrected chi connectivity index (χ4v) is 4.92. The lowest BCUT2D eigenvalue weighted by atomic mass is 10.0. The second kappa shape index (κ2) is 7.05. The molecule has 2 aromatic heterocycles. The van der Waals surface area contributed by atoms with Crippen molar-refractivity contribution in [2.75, 3.05) is 6.54 Å². The molecule has 0 saturated carbocycles. The Balaban J connectivity index is 1.65. The van der Waals surface area contributed by atoms with Gasteiger partial charge in [0.15, 0.2) is 5.65 Å². The van der Waals surface area contributed by atoms with Gasteiger partial charge in [-0.2, -0.15) is 0 Å². The van der Waals surface area contributed by atoms with Gasteiger partial charge in [0.05, 0.1) is 16.8 Å². The van der Waals surface area contributed by atoms with E-state index in [0.717, 1.165) is 24.3 Å². The molecule has 1 saturated heterocycles. The van der Waals surface area contributed by atoms with Crippen LogP contribution in [0.5, 0.6) is 0 Å². The number of fused-ring (bicyclic) bond motifs is 1. The predicted molar refractivity (Wildman–Crippen MR) is 105 cm³/mol. The van der Waals surface area contributed by atoms with Crippen LogP contribution in [0.3, 0.4) is 0 Å². The third-order valence-corrected chi connectivity index (χ3v) is 6.97. The van der Waals surface area contributed by atoms with Crippen molar-refractivity contribution in [2.24, 2.45) is 0 Å². The average Bonchev–Trinajstić information content (AvgIpc) is 3.08. The molecule has 1 aliphatic heterocycles. The summed E-state index contributed by atoms with van der Waals surface area (Å²) in [4.78, 5) is 11.8. The van der Waals surface area contributed by atoms with E-state index in [1.165, 1.54) is 29.4 Å². The maximum absolute atomic E-state index is 13.0. The molecule has 1 aliphatic rings. The largest absolute Gasteiger partial charge is 0.295 e. The van der Waals surface area contributed by atoms with Crippen molar-refractivity contribution in [1.29, 1.82) is 0 Å². The van der Waals surface area contributed by atoms with Crippen LogP contribution in [0.15, 0.2) is 47.6 Å². The van der Waals surface area contributed by atoms with Crippen LogP contribution in [0.25, 0.3) is 11.2 Å². The van der Waals surface area contributed by atoms with E-state index in [0.29, 0.717) is 17.2 Å². The first kappa shape index (κ1) is 18.1. The molecule has 1 fully saturated rings. The Bertz CT molecular complexity index is 1060. The zero-order valence-corrected chi connectivity index (χ0v) is 16.5. The highest BCUT2D eigenvalue weighted by Gasteiger charge is 2.22. The summed E-state index contributed by atoms with van der Waals surface area (Å²) in [6.07, 6.45) is 6.94. The number of nitrogens with zero attached hydrogens (tertiary/aromatic N) is 4. The summed E-state index contributed by atoms with van der Waals surface area (Å²) in [5.41, 5.74) is 2.86. The fraction of sp³-hybridized carbons (Fsp3) is 0.400. The Morgan fingerprint density at radius 2 is 1.93 bits per heavy atom. The van der Waals surface area contributed by atoms with E-state index >= 15 is 0 Å². The van der Waals surface area contributed by atoms with E-state index in [-0.39, 0.29) is 4.90 Å². The van der Waals surface area contributed by atoms with Gasteiger partial charge in [-0.3, -0.25) is 4.90 Å². The van der Waals surface area contributed by atoms with E-state index in [2.05, 4.69) is 21.8 Å². The first-order valence-corrected chi connectivity index (χ1v) is 10.8. The number of hydrogen-bond acceptors (Lipinski definition) is 5. The maximum atomic E-state index is 13.0. The summed E-state index contributed by atoms with van der Waals surface area (Å²) in [5, 5.41) is 0. The molecule has 0 radical (unpaired) electrons. The average molecular weight is 385 g/mol. The van der Waals surface area contributed by atoms with Gasteiger partial charge in [-0.1, -0.05) is 24.1 Å². The molecule has 3 heterocycles. The van der Waals surface area contributed by atoms with E-state index in [1.807, 2.05) is 6.92 Å². The Hall–Kier alpha value is -2.25. The monoisotopic (exact) mass is 384 g/mol. The van der Waals surface area contributed by atoms with Crippen LogP contribution in [0, 0.1) is 6.92 Å². The molecular formula is C20H24N4O2S. The van der Waals surface area contributed by atoms with Crippen LogP contribution in [0.2, 0.25) is 0 Å². The highest BCUT2D eigenvalue weighted by atomic mass is 32.2. The van der Waals surface area contributed by atoms with Crippen LogP contribution in [0.1, 0.15) is 37.4 Å². The highest BCUT2D eigenvalue weighted by Crippen LogP contribution is 2.22. The minimum absolute atomic E-state index is 0.249. The molecule has 0 aliphatic carbocycles. The highest BCUT2D eigenvalue weighted by molar-refractivity contribution is 7.90. The fourth-order valence-electron chi connectivity index (χ4n) is 3.62. The van der Waals surface area contributed by atoms with Crippen molar-refractivity contribution >= 4 is 21.2 Å². The quantitative estimate of drug-likeness (QED) is 0.690. The molecule has 4 rings (SSSR count). The SMILES string of the molecule is Cc1ccc(S(=O)(=O)n2ccc3nc(CN4CCCCC4C)cnc32)cc1. The number of aryl methyl sites for hydroxylation is 1. The number of rotatable bonds is 4. The number of piperidine rings is 1. The lowest BCUT2D eigenvalue weighted by molar-refractivity contribution is 0.151. The molecule has 1 aromatic carbocycles. The van der Waals surface area contributed by atoms with Gasteiger partial charge in [0.2, 0.25) is 0 Å². The zero-order valence-electron chi connectivity index (χ0n) is 15.7. The first-order valence-electron chi connectivity index (χ1n) is 9.34. The number of benzene rings is 1. The molecule has 0 spiro atoms. The van der Waals surface area contributed by atoms with Crippen molar-refractivity contribution in [3.63, 3.8) is 0 Å². The normalized spacial score (nSPS) is 18.8. The number of hydrogen-bond donors (Lipinski definition) is 0. The van der Waals surface area contributed by atoms with Gasteiger partial charge in [0.25, 0.3) is 10.0 Å². The Labute approximate surface area is 159 Å². The molecule has 0 N–H and O–H groups in total. The van der Waals surface area contributed by atoms with Gasteiger partial charge in [-0.25, -0.2) is 22.4 Å². The molecule has 1 unspecified atom stereocenters. The van der Waals surface area contributed by atoms with Gasteiger partial charge in [-0.15, -0.1) is 0 Å². The molecule has 0 bridgehead atoms. The summed E-state index contributed by atoms with van der Waals surface area (Å²) in [6.45, 7) is 6.00. The van der Waals surface area contributed by atoms with E-state index in [1.54, 1.807) is 36.5 Å².